The molecule has 3 N–H and O–H groups in total. The minimum absolute atomic E-state index is 0.518. The number of rotatable bonds is 0. The van der Waals surface area contributed by atoms with Gasteiger partial charge in [0.05, 0.1) is 0 Å². The summed E-state index contributed by atoms with van der Waals surface area (Å²) in [6.45, 7) is 0.815. The maximum absolute atomic E-state index is 10.2. The topological polar surface area (TPSA) is 67.5 Å². The molecule has 0 aromatic carbocycles. The first kappa shape index (κ1) is 6.07. The van der Waals surface area contributed by atoms with Crippen molar-refractivity contribution in [3.8, 4) is 0 Å². The third kappa shape index (κ3) is 1.71. The Bertz CT molecular complexity index is 152. The van der Waals surface area contributed by atoms with E-state index in [9.17, 15) is 4.79 Å². The minimum atomic E-state index is -0.518. The Morgan fingerprint density at radius 1 is 1.78 bits per heavy atom. The lowest BCUT2D eigenvalue weighted by Gasteiger charge is -1.96. The average Bonchev–Trinajstić information content (AvgIpc) is 2.15. The van der Waals surface area contributed by atoms with E-state index in [1.807, 2.05) is 0 Å². The van der Waals surface area contributed by atoms with Crippen molar-refractivity contribution < 1.29 is 4.79 Å². The molecule has 1 rings (SSSR count). The Balaban J connectivity index is 2.35. The number of hydrogen-bond donors (Lipinski definition) is 2. The summed E-state index contributed by atoms with van der Waals surface area (Å²) in [5, 5.41) is 2.43. The quantitative estimate of drug-likeness (QED) is 0.466. The number of nitrogens with one attached hydrogen (secondary N) is 1. The van der Waals surface area contributed by atoms with Gasteiger partial charge in [-0.25, -0.2) is 4.79 Å². The van der Waals surface area contributed by atoms with Gasteiger partial charge in [0.1, 0.15) is 5.84 Å². The molecule has 0 bridgehead atoms. The zero-order valence-corrected chi connectivity index (χ0v) is 5.05. The molecule has 0 radical (unpaired) electrons. The molecule has 0 spiro atoms. The van der Waals surface area contributed by atoms with Crippen LogP contribution in [0, 0.1) is 0 Å². The summed E-state index contributed by atoms with van der Waals surface area (Å²) < 4.78 is 0. The average molecular weight is 127 g/mol. The van der Waals surface area contributed by atoms with Gasteiger partial charge in [-0.2, -0.15) is 0 Å². The number of carbonyl (C=O) groups excluding carboxylic acids is 1. The van der Waals surface area contributed by atoms with Crippen LogP contribution in [0.4, 0.5) is 4.79 Å². The molecule has 1 aliphatic heterocycles. The number of amidine groups is 1. The first-order valence-corrected chi connectivity index (χ1v) is 2.89. The van der Waals surface area contributed by atoms with E-state index in [0.29, 0.717) is 0 Å². The van der Waals surface area contributed by atoms with E-state index in [0.717, 1.165) is 25.2 Å². The number of aliphatic imine (C=N–C) groups is 1. The van der Waals surface area contributed by atoms with Crippen molar-refractivity contribution in [3.05, 3.63) is 0 Å². The van der Waals surface area contributed by atoms with Crippen LogP contribution in [-0.2, 0) is 0 Å². The zero-order valence-electron chi connectivity index (χ0n) is 5.05. The fraction of sp³-hybridized carbons (Fsp3) is 0.600. The fourth-order valence-corrected chi connectivity index (χ4v) is 0.784. The Morgan fingerprint density at radius 3 is 3.00 bits per heavy atom. The summed E-state index contributed by atoms with van der Waals surface area (Å²) in [4.78, 5) is 14.2. The molecule has 4 heteroatoms. The van der Waals surface area contributed by atoms with Gasteiger partial charge in [-0.05, 0) is 6.42 Å². The highest BCUT2D eigenvalue weighted by molar-refractivity contribution is 5.97. The predicted octanol–water partition coefficient (Wildman–Crippen LogP) is -0.153. The van der Waals surface area contributed by atoms with Crippen LogP contribution in [0.1, 0.15) is 12.8 Å². The number of nitrogens with zero attached hydrogens (tertiary/aromatic N) is 1. The standard InChI is InChI=1S/C5H9N3O/c6-5(9)8-4-2-1-3-7-4/h1-3H2,(H3,6,7,8,9). The van der Waals surface area contributed by atoms with Crippen LogP contribution >= 0.6 is 0 Å². The van der Waals surface area contributed by atoms with Crippen LogP contribution in [0.25, 0.3) is 0 Å². The first-order chi connectivity index (χ1) is 4.29. The summed E-state index contributed by atoms with van der Waals surface area (Å²) in [5.41, 5.74) is 4.84. The first-order valence-electron chi connectivity index (χ1n) is 2.89. The van der Waals surface area contributed by atoms with Gasteiger partial charge in [-0.3, -0.25) is 10.3 Å². The second-order valence-corrected chi connectivity index (χ2v) is 1.92. The van der Waals surface area contributed by atoms with E-state index >= 15 is 0 Å². The fourth-order valence-electron chi connectivity index (χ4n) is 0.784. The summed E-state index contributed by atoms with van der Waals surface area (Å²) in [6.07, 6.45) is 1.87. The van der Waals surface area contributed by atoms with Gasteiger partial charge in [0.25, 0.3) is 0 Å². The van der Waals surface area contributed by atoms with Crippen LogP contribution in [0.3, 0.4) is 0 Å². The summed E-state index contributed by atoms with van der Waals surface area (Å²) in [7, 11) is 0. The molecular weight excluding hydrogens is 118 g/mol. The molecule has 0 aromatic heterocycles. The van der Waals surface area contributed by atoms with E-state index in [4.69, 9.17) is 5.73 Å². The number of urea groups is 1. The number of primary amides is 1. The van der Waals surface area contributed by atoms with E-state index in [1.165, 1.54) is 0 Å². The van der Waals surface area contributed by atoms with Crippen LogP contribution in [-0.4, -0.2) is 18.4 Å². The molecule has 0 fully saturated rings. The Labute approximate surface area is 53.1 Å². The largest absolute Gasteiger partial charge is 0.351 e. The molecule has 4 nitrogen and oxygen atoms in total. The lowest BCUT2D eigenvalue weighted by molar-refractivity contribution is 0.253. The third-order valence-corrected chi connectivity index (χ3v) is 1.14. The second kappa shape index (κ2) is 2.48. The van der Waals surface area contributed by atoms with Gasteiger partial charge in [0.15, 0.2) is 0 Å². The highest BCUT2D eigenvalue weighted by Gasteiger charge is 2.06. The molecule has 2 amide bonds. The van der Waals surface area contributed by atoms with Crippen molar-refractivity contribution in [2.75, 3.05) is 6.54 Å². The number of hydrogen-bond acceptors (Lipinski definition) is 2. The summed E-state index contributed by atoms with van der Waals surface area (Å²) >= 11 is 0. The molecule has 0 atom stereocenters. The molecule has 0 saturated carbocycles. The number of nitrogens with two attached hydrogens (primary N) is 1. The molecular formula is C5H9N3O. The zero-order chi connectivity index (χ0) is 6.69. The maximum atomic E-state index is 10.2. The highest BCUT2D eigenvalue weighted by Crippen LogP contribution is 1.99. The smallest absolute Gasteiger partial charge is 0.317 e. The van der Waals surface area contributed by atoms with Crippen molar-refractivity contribution >= 4 is 11.9 Å². The Morgan fingerprint density at radius 2 is 2.56 bits per heavy atom. The van der Waals surface area contributed by atoms with E-state index in [2.05, 4.69) is 10.3 Å². The van der Waals surface area contributed by atoms with Gasteiger partial charge in [-0.1, -0.05) is 0 Å². The lowest BCUT2D eigenvalue weighted by atomic mass is 10.3. The minimum Gasteiger partial charge on any atom is -0.351 e. The van der Waals surface area contributed by atoms with Crippen LogP contribution in [0.2, 0.25) is 0 Å². The van der Waals surface area contributed by atoms with Crippen molar-refractivity contribution in [2.45, 2.75) is 12.8 Å². The van der Waals surface area contributed by atoms with Crippen molar-refractivity contribution in [1.82, 2.24) is 5.32 Å². The van der Waals surface area contributed by atoms with Crippen molar-refractivity contribution in [1.29, 1.82) is 0 Å². The normalized spacial score (nSPS) is 17.1. The van der Waals surface area contributed by atoms with Gasteiger partial charge in [0, 0.05) is 13.0 Å². The van der Waals surface area contributed by atoms with Gasteiger partial charge >= 0.3 is 6.03 Å². The molecule has 0 saturated heterocycles. The summed E-state index contributed by atoms with van der Waals surface area (Å²) in [6, 6.07) is -0.518. The van der Waals surface area contributed by atoms with E-state index in [-0.39, 0.29) is 0 Å². The molecule has 1 aliphatic rings. The predicted molar refractivity (Wildman–Crippen MR) is 34.3 cm³/mol. The van der Waals surface area contributed by atoms with Crippen molar-refractivity contribution in [2.24, 2.45) is 10.7 Å². The SMILES string of the molecule is NC(=O)NC1=NCCC1. The van der Waals surface area contributed by atoms with Crippen LogP contribution < -0.4 is 11.1 Å². The second-order valence-electron chi connectivity index (χ2n) is 1.92. The van der Waals surface area contributed by atoms with Gasteiger partial charge < -0.3 is 5.73 Å². The van der Waals surface area contributed by atoms with Gasteiger partial charge in [0.2, 0.25) is 0 Å². The van der Waals surface area contributed by atoms with Crippen LogP contribution in [0.5, 0.6) is 0 Å². The monoisotopic (exact) mass is 127 g/mol. The van der Waals surface area contributed by atoms with E-state index in [1.54, 1.807) is 0 Å². The Hall–Kier alpha value is -1.06. The highest BCUT2D eigenvalue weighted by atomic mass is 16.2. The van der Waals surface area contributed by atoms with Gasteiger partial charge in [-0.15, -0.1) is 0 Å². The molecule has 50 valence electrons. The number of carbonyl (C=O) groups is 1. The molecule has 0 unspecified atom stereocenters. The number of amides is 2. The molecule has 0 aliphatic carbocycles. The lowest BCUT2D eigenvalue weighted by Crippen LogP contribution is -2.33. The van der Waals surface area contributed by atoms with Crippen LogP contribution in [0.15, 0.2) is 4.99 Å². The molecule has 9 heavy (non-hydrogen) atoms. The third-order valence-electron chi connectivity index (χ3n) is 1.14. The summed E-state index contributed by atoms with van der Waals surface area (Å²) in [5.74, 6) is 0.725. The molecule has 1 heterocycles. The Kier molecular flexibility index (Phi) is 1.67. The maximum Gasteiger partial charge on any atom is 0.317 e. The molecule has 0 aromatic rings. The van der Waals surface area contributed by atoms with E-state index < -0.39 is 6.03 Å². The van der Waals surface area contributed by atoms with Crippen molar-refractivity contribution in [3.63, 3.8) is 0 Å².